The standard InChI is InChI=1S/C15H14F4N4O3/c1-9(26-11-5-3-2-4-10(11)16)14(25)21-20-13(24)8-23-7-6-12(22-23)15(17,18)19/h2-7,9H,8H2,1H3,(H,20,24)(H,21,25)/t9-/m0/s1. The average Bonchev–Trinajstić information content (AvgIpc) is 3.03. The molecular weight excluding hydrogens is 360 g/mol. The zero-order valence-electron chi connectivity index (χ0n) is 13.4. The molecule has 1 heterocycles. The highest BCUT2D eigenvalue weighted by Gasteiger charge is 2.33. The van der Waals surface area contributed by atoms with Gasteiger partial charge in [-0.1, -0.05) is 12.1 Å². The van der Waals surface area contributed by atoms with Crippen LogP contribution in [0.4, 0.5) is 17.6 Å². The Morgan fingerprint density at radius 3 is 2.54 bits per heavy atom. The van der Waals surface area contributed by atoms with Gasteiger partial charge in [-0.25, -0.2) is 4.39 Å². The summed E-state index contributed by atoms with van der Waals surface area (Å²) in [6, 6.07) is 6.17. The Bertz CT molecular complexity index is 791. The molecule has 0 fully saturated rings. The topological polar surface area (TPSA) is 85.3 Å². The van der Waals surface area contributed by atoms with E-state index in [1.54, 1.807) is 0 Å². The molecule has 2 aromatic rings. The molecule has 0 aliphatic heterocycles. The number of ether oxygens (including phenoxy) is 1. The average molecular weight is 374 g/mol. The molecule has 0 radical (unpaired) electrons. The van der Waals surface area contributed by atoms with Crippen molar-refractivity contribution >= 4 is 11.8 Å². The zero-order chi connectivity index (χ0) is 19.3. The predicted molar refractivity (Wildman–Crippen MR) is 80.0 cm³/mol. The van der Waals surface area contributed by atoms with Crippen molar-refractivity contribution in [1.82, 2.24) is 20.6 Å². The summed E-state index contributed by atoms with van der Waals surface area (Å²) in [5.74, 6) is -2.39. The smallest absolute Gasteiger partial charge is 0.435 e. The highest BCUT2D eigenvalue weighted by Crippen LogP contribution is 2.27. The fourth-order valence-corrected chi connectivity index (χ4v) is 1.80. The molecule has 2 amide bonds. The summed E-state index contributed by atoms with van der Waals surface area (Å²) >= 11 is 0. The molecule has 0 spiro atoms. The third-order valence-electron chi connectivity index (χ3n) is 3.07. The second-order valence-electron chi connectivity index (χ2n) is 5.12. The zero-order valence-corrected chi connectivity index (χ0v) is 13.4. The Hall–Kier alpha value is -3.11. The van der Waals surface area contributed by atoms with Crippen molar-refractivity contribution < 1.29 is 31.9 Å². The van der Waals surface area contributed by atoms with E-state index in [1.807, 2.05) is 10.9 Å². The molecule has 1 atom stereocenters. The van der Waals surface area contributed by atoms with Crippen LogP contribution < -0.4 is 15.6 Å². The Morgan fingerprint density at radius 2 is 1.92 bits per heavy atom. The lowest BCUT2D eigenvalue weighted by Crippen LogP contribution is -2.48. The van der Waals surface area contributed by atoms with Gasteiger partial charge in [-0.2, -0.15) is 18.3 Å². The molecule has 11 heteroatoms. The molecule has 0 aliphatic carbocycles. The minimum Gasteiger partial charge on any atom is -0.478 e. The number of hydrogen-bond acceptors (Lipinski definition) is 4. The first kappa shape index (κ1) is 19.2. The summed E-state index contributed by atoms with van der Waals surface area (Å²) in [4.78, 5) is 23.4. The van der Waals surface area contributed by atoms with E-state index in [2.05, 4.69) is 5.10 Å². The maximum Gasteiger partial charge on any atom is 0.435 e. The Labute approximate surface area is 144 Å². The van der Waals surface area contributed by atoms with E-state index in [0.29, 0.717) is 0 Å². The highest BCUT2D eigenvalue weighted by molar-refractivity contribution is 5.84. The van der Waals surface area contributed by atoms with Gasteiger partial charge in [0, 0.05) is 6.20 Å². The van der Waals surface area contributed by atoms with Crippen LogP contribution in [0.25, 0.3) is 0 Å². The van der Waals surface area contributed by atoms with E-state index in [4.69, 9.17) is 4.74 Å². The molecule has 0 saturated carbocycles. The van der Waals surface area contributed by atoms with Crippen molar-refractivity contribution in [2.24, 2.45) is 0 Å². The molecule has 7 nitrogen and oxygen atoms in total. The molecule has 0 unspecified atom stereocenters. The molecule has 0 aliphatic rings. The molecule has 1 aromatic heterocycles. The third-order valence-corrected chi connectivity index (χ3v) is 3.07. The first-order chi connectivity index (χ1) is 12.2. The minimum absolute atomic E-state index is 0.141. The molecule has 2 N–H and O–H groups in total. The van der Waals surface area contributed by atoms with Crippen LogP contribution >= 0.6 is 0 Å². The molecule has 1 aromatic carbocycles. The van der Waals surface area contributed by atoms with Gasteiger partial charge >= 0.3 is 6.18 Å². The maximum absolute atomic E-state index is 13.4. The summed E-state index contributed by atoms with van der Waals surface area (Å²) in [6.07, 6.45) is -4.77. The number of hydrazine groups is 1. The SMILES string of the molecule is C[C@H](Oc1ccccc1F)C(=O)NNC(=O)Cn1ccc(C(F)(F)F)n1. The van der Waals surface area contributed by atoms with Crippen LogP contribution in [0, 0.1) is 5.82 Å². The summed E-state index contributed by atoms with van der Waals surface area (Å²) in [5, 5.41) is 3.20. The first-order valence-electron chi connectivity index (χ1n) is 7.27. The predicted octanol–water partition coefficient (Wildman–Crippen LogP) is 1.66. The minimum atomic E-state index is -4.62. The number of nitrogens with one attached hydrogen (secondary N) is 2. The largest absolute Gasteiger partial charge is 0.478 e. The lowest BCUT2D eigenvalue weighted by molar-refractivity contribution is -0.141. The summed E-state index contributed by atoms with van der Waals surface area (Å²) in [7, 11) is 0. The number of rotatable bonds is 5. The van der Waals surface area contributed by atoms with Gasteiger partial charge < -0.3 is 4.74 Å². The van der Waals surface area contributed by atoms with Crippen molar-refractivity contribution in [3.8, 4) is 5.75 Å². The van der Waals surface area contributed by atoms with E-state index in [9.17, 15) is 27.2 Å². The normalized spacial score (nSPS) is 12.3. The number of halogens is 4. The van der Waals surface area contributed by atoms with Crippen LogP contribution in [-0.4, -0.2) is 27.7 Å². The molecular formula is C15H14F4N4O3. The van der Waals surface area contributed by atoms with Gasteiger partial charge in [0.15, 0.2) is 23.4 Å². The number of aromatic nitrogens is 2. The van der Waals surface area contributed by atoms with Gasteiger partial charge in [0.25, 0.3) is 11.8 Å². The van der Waals surface area contributed by atoms with Crippen molar-refractivity contribution in [3.05, 3.63) is 48.0 Å². The fraction of sp³-hybridized carbons (Fsp3) is 0.267. The van der Waals surface area contributed by atoms with Crippen molar-refractivity contribution in [3.63, 3.8) is 0 Å². The number of hydrogen-bond donors (Lipinski definition) is 2. The summed E-state index contributed by atoms with van der Waals surface area (Å²) < 4.78 is 56.6. The monoisotopic (exact) mass is 374 g/mol. The van der Waals surface area contributed by atoms with E-state index in [-0.39, 0.29) is 5.75 Å². The molecule has 0 saturated heterocycles. The molecule has 0 bridgehead atoms. The van der Waals surface area contributed by atoms with Crippen molar-refractivity contribution in [2.45, 2.75) is 25.7 Å². The van der Waals surface area contributed by atoms with E-state index >= 15 is 0 Å². The summed E-state index contributed by atoms with van der Waals surface area (Å²) in [6.45, 7) is 0.788. The number of para-hydroxylation sites is 1. The van der Waals surface area contributed by atoms with Crippen LogP contribution in [-0.2, 0) is 22.3 Å². The van der Waals surface area contributed by atoms with Crippen LogP contribution in [0.3, 0.4) is 0 Å². The van der Waals surface area contributed by atoms with E-state index in [1.165, 1.54) is 25.1 Å². The van der Waals surface area contributed by atoms with Gasteiger partial charge in [0.2, 0.25) is 0 Å². The fourth-order valence-electron chi connectivity index (χ4n) is 1.80. The second-order valence-corrected chi connectivity index (χ2v) is 5.12. The highest BCUT2D eigenvalue weighted by atomic mass is 19.4. The van der Waals surface area contributed by atoms with Crippen molar-refractivity contribution in [1.29, 1.82) is 0 Å². The number of alkyl halides is 3. The number of benzene rings is 1. The van der Waals surface area contributed by atoms with E-state index in [0.717, 1.165) is 23.0 Å². The van der Waals surface area contributed by atoms with Gasteiger partial charge in [0.05, 0.1) is 0 Å². The Balaban J connectivity index is 1.82. The maximum atomic E-state index is 13.4. The quantitative estimate of drug-likeness (QED) is 0.616. The summed E-state index contributed by atoms with van der Waals surface area (Å²) in [5.41, 5.74) is 2.90. The Kier molecular flexibility index (Phi) is 5.80. The molecule has 140 valence electrons. The third kappa shape index (κ3) is 5.19. The number of carbonyl (C=O) groups excluding carboxylic acids is 2. The van der Waals surface area contributed by atoms with Gasteiger partial charge in [-0.15, -0.1) is 0 Å². The van der Waals surface area contributed by atoms with Crippen LogP contribution in [0.5, 0.6) is 5.75 Å². The second kappa shape index (κ2) is 7.85. The van der Waals surface area contributed by atoms with Gasteiger partial charge in [-0.3, -0.25) is 25.1 Å². The Morgan fingerprint density at radius 1 is 1.23 bits per heavy atom. The number of carbonyl (C=O) groups is 2. The lowest BCUT2D eigenvalue weighted by atomic mass is 10.3. The van der Waals surface area contributed by atoms with Crippen molar-refractivity contribution in [2.75, 3.05) is 0 Å². The number of nitrogens with zero attached hydrogens (tertiary/aromatic N) is 2. The van der Waals surface area contributed by atoms with E-state index < -0.39 is 42.2 Å². The van der Waals surface area contributed by atoms with Gasteiger partial charge in [-0.05, 0) is 25.1 Å². The molecule has 2 rings (SSSR count). The van der Waals surface area contributed by atoms with Crippen LogP contribution in [0.15, 0.2) is 36.5 Å². The first-order valence-corrected chi connectivity index (χ1v) is 7.27. The molecule has 26 heavy (non-hydrogen) atoms. The van der Waals surface area contributed by atoms with Crippen LogP contribution in [0.2, 0.25) is 0 Å². The van der Waals surface area contributed by atoms with Crippen LogP contribution in [0.1, 0.15) is 12.6 Å². The van der Waals surface area contributed by atoms with Gasteiger partial charge in [0.1, 0.15) is 6.54 Å². The lowest BCUT2D eigenvalue weighted by Gasteiger charge is -2.15. The number of amides is 2.